The number of carboxylic acid groups (broad SMARTS) is 1. The van der Waals surface area contributed by atoms with Crippen molar-refractivity contribution in [3.05, 3.63) is 58.8 Å². The van der Waals surface area contributed by atoms with Crippen LogP contribution in [0.15, 0.2) is 42.1 Å². The number of hydrogen-bond acceptors (Lipinski definition) is 5. The van der Waals surface area contributed by atoms with Gasteiger partial charge in [-0.05, 0) is 16.7 Å². The van der Waals surface area contributed by atoms with E-state index < -0.39 is 5.97 Å². The highest BCUT2D eigenvalue weighted by Gasteiger charge is 2.10. The Bertz CT molecular complexity index is 568. The fourth-order valence-corrected chi connectivity index (χ4v) is 2.34. The van der Waals surface area contributed by atoms with Gasteiger partial charge in [-0.15, -0.1) is 11.8 Å². The van der Waals surface area contributed by atoms with Crippen LogP contribution in [0.2, 0.25) is 0 Å². The average molecular weight is 291 g/mol. The smallest absolute Gasteiger partial charge is 0.354 e. The maximum Gasteiger partial charge on any atom is 0.354 e. The van der Waals surface area contributed by atoms with Crippen LogP contribution >= 0.6 is 11.8 Å². The number of thioether (sulfide) groups is 1. The predicted octanol–water partition coefficient (Wildman–Crippen LogP) is 1.88. The van der Waals surface area contributed by atoms with Gasteiger partial charge in [0.1, 0.15) is 10.7 Å². The Morgan fingerprint density at radius 1 is 1.35 bits per heavy atom. The SMILES string of the molecule is C=Cc1ccc(CS/C(NN)=C(/N)C(=O)O)cc1C=C. The minimum absolute atomic E-state index is 0.227. The number of benzene rings is 1. The number of rotatable bonds is 7. The average Bonchev–Trinajstić information content (AvgIpc) is 2.47. The van der Waals surface area contributed by atoms with Gasteiger partial charge in [-0.1, -0.05) is 43.5 Å². The highest BCUT2D eigenvalue weighted by molar-refractivity contribution is 8.02. The highest BCUT2D eigenvalue weighted by atomic mass is 32.2. The number of nitrogens with two attached hydrogens (primary N) is 2. The molecule has 0 spiro atoms. The zero-order valence-electron chi connectivity index (χ0n) is 10.9. The van der Waals surface area contributed by atoms with Crippen LogP contribution < -0.4 is 17.0 Å². The van der Waals surface area contributed by atoms with Crippen LogP contribution in [0.25, 0.3) is 12.2 Å². The van der Waals surface area contributed by atoms with Gasteiger partial charge in [0.05, 0.1) is 0 Å². The minimum atomic E-state index is -1.21. The maximum atomic E-state index is 10.8. The van der Waals surface area contributed by atoms with Gasteiger partial charge in [0.25, 0.3) is 0 Å². The molecule has 20 heavy (non-hydrogen) atoms. The van der Waals surface area contributed by atoms with Gasteiger partial charge in [0.2, 0.25) is 0 Å². The van der Waals surface area contributed by atoms with E-state index in [1.54, 1.807) is 12.2 Å². The Kier molecular flexibility index (Phi) is 5.89. The van der Waals surface area contributed by atoms with Gasteiger partial charge in [-0.25, -0.2) is 10.6 Å². The third kappa shape index (κ3) is 3.91. The second-order valence-corrected chi connectivity index (χ2v) is 4.84. The van der Waals surface area contributed by atoms with Crippen molar-refractivity contribution in [1.82, 2.24) is 5.43 Å². The van der Waals surface area contributed by atoms with E-state index in [0.29, 0.717) is 5.75 Å². The molecule has 6 heteroatoms. The number of nitrogens with one attached hydrogen (secondary N) is 1. The molecule has 5 nitrogen and oxygen atoms in total. The van der Waals surface area contributed by atoms with Crippen molar-refractivity contribution in [2.45, 2.75) is 5.75 Å². The minimum Gasteiger partial charge on any atom is -0.477 e. The van der Waals surface area contributed by atoms with Crippen molar-refractivity contribution in [2.24, 2.45) is 11.6 Å². The van der Waals surface area contributed by atoms with E-state index in [1.165, 1.54) is 11.8 Å². The summed E-state index contributed by atoms with van der Waals surface area (Å²) < 4.78 is 0. The Hall–Kier alpha value is -2.18. The van der Waals surface area contributed by atoms with Crippen molar-refractivity contribution < 1.29 is 9.90 Å². The van der Waals surface area contributed by atoms with E-state index in [0.717, 1.165) is 16.7 Å². The molecule has 0 heterocycles. The van der Waals surface area contributed by atoms with Crippen LogP contribution in [0.5, 0.6) is 0 Å². The molecule has 1 aromatic rings. The number of carboxylic acids is 1. The van der Waals surface area contributed by atoms with Crippen molar-refractivity contribution in [1.29, 1.82) is 0 Å². The molecule has 0 amide bonds. The molecule has 0 aliphatic rings. The zero-order chi connectivity index (χ0) is 15.1. The van der Waals surface area contributed by atoms with Crippen molar-refractivity contribution >= 4 is 29.9 Å². The first-order valence-corrected chi connectivity index (χ1v) is 6.72. The van der Waals surface area contributed by atoms with Crippen LogP contribution in [-0.4, -0.2) is 11.1 Å². The van der Waals surface area contributed by atoms with Crippen LogP contribution in [0, 0.1) is 0 Å². The quantitative estimate of drug-likeness (QED) is 0.347. The first-order chi connectivity index (χ1) is 9.53. The molecule has 0 bridgehead atoms. The number of aliphatic carboxylic acids is 1. The molecule has 0 saturated carbocycles. The van der Waals surface area contributed by atoms with Gasteiger partial charge in [-0.3, -0.25) is 0 Å². The molecule has 1 rings (SSSR count). The number of hydrogen-bond donors (Lipinski definition) is 4. The van der Waals surface area contributed by atoms with Crippen LogP contribution in [0.4, 0.5) is 0 Å². The Labute approximate surface area is 122 Å². The molecule has 0 aromatic heterocycles. The second kappa shape index (κ2) is 7.42. The molecule has 0 aliphatic heterocycles. The van der Waals surface area contributed by atoms with Crippen LogP contribution in [-0.2, 0) is 10.5 Å². The normalized spacial score (nSPS) is 11.4. The third-order valence-electron chi connectivity index (χ3n) is 2.58. The molecular formula is C14H17N3O2S. The summed E-state index contributed by atoms with van der Waals surface area (Å²) in [5.41, 5.74) is 10.4. The zero-order valence-corrected chi connectivity index (χ0v) is 11.7. The maximum absolute atomic E-state index is 10.8. The number of hydrazine groups is 1. The monoisotopic (exact) mass is 291 g/mol. The first kappa shape index (κ1) is 15.9. The predicted molar refractivity (Wildman–Crippen MR) is 84.1 cm³/mol. The lowest BCUT2D eigenvalue weighted by molar-refractivity contribution is -0.132. The van der Waals surface area contributed by atoms with E-state index in [1.807, 2.05) is 18.2 Å². The summed E-state index contributed by atoms with van der Waals surface area (Å²) >= 11 is 1.22. The van der Waals surface area contributed by atoms with Crippen LogP contribution in [0.1, 0.15) is 16.7 Å². The topological polar surface area (TPSA) is 101 Å². The first-order valence-electron chi connectivity index (χ1n) is 5.73. The Morgan fingerprint density at radius 2 is 2.00 bits per heavy atom. The Morgan fingerprint density at radius 3 is 2.50 bits per heavy atom. The molecule has 1 aromatic carbocycles. The van der Waals surface area contributed by atoms with Crippen LogP contribution in [0.3, 0.4) is 0 Å². The fraction of sp³-hybridized carbons (Fsp3) is 0.0714. The molecule has 0 saturated heterocycles. The fourth-order valence-electron chi connectivity index (χ4n) is 1.53. The van der Waals surface area contributed by atoms with E-state index in [4.69, 9.17) is 16.7 Å². The summed E-state index contributed by atoms with van der Waals surface area (Å²) in [7, 11) is 0. The summed E-state index contributed by atoms with van der Waals surface area (Å²) in [6.07, 6.45) is 3.50. The van der Waals surface area contributed by atoms with Gasteiger partial charge in [-0.2, -0.15) is 0 Å². The number of carbonyl (C=O) groups is 1. The lowest BCUT2D eigenvalue weighted by Crippen LogP contribution is -2.26. The largest absolute Gasteiger partial charge is 0.477 e. The Balaban J connectivity index is 2.89. The van der Waals surface area contributed by atoms with Crippen molar-refractivity contribution in [3.8, 4) is 0 Å². The lowest BCUT2D eigenvalue weighted by Gasteiger charge is -2.09. The molecule has 0 unspecified atom stereocenters. The molecule has 0 atom stereocenters. The van der Waals surface area contributed by atoms with Crippen molar-refractivity contribution in [2.75, 3.05) is 0 Å². The van der Waals surface area contributed by atoms with Gasteiger partial charge < -0.3 is 16.3 Å². The van der Waals surface area contributed by atoms with Gasteiger partial charge >= 0.3 is 5.97 Å². The molecular weight excluding hydrogens is 274 g/mol. The van der Waals surface area contributed by atoms with E-state index in [-0.39, 0.29) is 10.7 Å². The summed E-state index contributed by atoms with van der Waals surface area (Å²) in [6.45, 7) is 7.48. The van der Waals surface area contributed by atoms with E-state index in [2.05, 4.69) is 18.6 Å². The standard InChI is InChI=1S/C14H17N3O2S/c1-3-10-6-5-9(7-11(10)4-2)8-20-13(17-16)12(15)14(18)19/h3-7,17H,1-2,8,15-16H2,(H,18,19)/b13-12+. The summed E-state index contributed by atoms with van der Waals surface area (Å²) in [5, 5.41) is 9.04. The summed E-state index contributed by atoms with van der Waals surface area (Å²) in [6, 6.07) is 5.82. The summed E-state index contributed by atoms with van der Waals surface area (Å²) in [5.74, 6) is 4.60. The molecule has 0 aliphatic carbocycles. The summed E-state index contributed by atoms with van der Waals surface area (Å²) in [4.78, 5) is 10.8. The molecule has 106 valence electrons. The molecule has 0 radical (unpaired) electrons. The van der Waals surface area contributed by atoms with Gasteiger partial charge in [0, 0.05) is 5.75 Å². The van der Waals surface area contributed by atoms with Gasteiger partial charge in [0.15, 0.2) is 0 Å². The van der Waals surface area contributed by atoms with E-state index >= 15 is 0 Å². The molecule has 6 N–H and O–H groups in total. The highest BCUT2D eigenvalue weighted by Crippen LogP contribution is 2.23. The lowest BCUT2D eigenvalue weighted by atomic mass is 10.0. The second-order valence-electron chi connectivity index (χ2n) is 3.85. The van der Waals surface area contributed by atoms with Crippen molar-refractivity contribution in [3.63, 3.8) is 0 Å². The van der Waals surface area contributed by atoms with E-state index in [9.17, 15) is 4.79 Å². The third-order valence-corrected chi connectivity index (χ3v) is 3.68. The molecule has 0 fully saturated rings.